The predicted octanol–water partition coefficient (Wildman–Crippen LogP) is 15.1. The molecule has 0 radical (unpaired) electrons. The lowest BCUT2D eigenvalue weighted by Gasteiger charge is -2.60. The summed E-state index contributed by atoms with van der Waals surface area (Å²) < 4.78 is 44.1. The van der Waals surface area contributed by atoms with Gasteiger partial charge in [0.2, 0.25) is 0 Å². The van der Waals surface area contributed by atoms with Gasteiger partial charge in [0.15, 0.2) is 26.4 Å². The first-order valence-corrected chi connectivity index (χ1v) is 36.8. The molecule has 0 aromatic carbocycles. The van der Waals surface area contributed by atoms with Crippen LogP contribution in [0.25, 0.3) is 0 Å². The summed E-state index contributed by atoms with van der Waals surface area (Å²) in [5, 5.41) is 0. The first kappa shape index (κ1) is 73.0. The molecule has 0 aromatic heterocycles. The van der Waals surface area contributed by atoms with Crippen LogP contribution < -0.4 is 0 Å². The van der Waals surface area contributed by atoms with E-state index in [-0.39, 0.29) is 48.8 Å². The minimum absolute atomic E-state index is 0.300. The van der Waals surface area contributed by atoms with E-state index in [1.54, 1.807) is 13.8 Å². The van der Waals surface area contributed by atoms with Crippen molar-refractivity contribution in [3.63, 3.8) is 0 Å². The van der Waals surface area contributed by atoms with Gasteiger partial charge in [0.1, 0.15) is 22.4 Å². The van der Waals surface area contributed by atoms with E-state index in [1.807, 2.05) is 0 Å². The number of carbonyl (C=O) groups is 8. The van der Waals surface area contributed by atoms with E-state index in [9.17, 15) is 38.4 Å². The van der Waals surface area contributed by atoms with Gasteiger partial charge < -0.3 is 37.9 Å². The van der Waals surface area contributed by atoms with Crippen molar-refractivity contribution in [2.45, 2.75) is 258 Å². The molecule has 0 aromatic rings. The van der Waals surface area contributed by atoms with Gasteiger partial charge in [-0.15, -0.1) is 0 Å². The maximum absolute atomic E-state index is 12.4. The molecule has 94 heavy (non-hydrogen) atoms. The largest absolute Gasteiger partial charge is 0.456 e. The quantitative estimate of drug-likeness (QED) is 0.0448. The highest BCUT2D eigenvalue weighted by Crippen LogP contribution is 2.65. The van der Waals surface area contributed by atoms with Crippen LogP contribution in [0.5, 0.6) is 0 Å². The Kier molecular flexibility index (Phi) is 24.5. The number of esters is 8. The molecule has 0 saturated heterocycles. The molecule has 0 spiro atoms. The Morgan fingerprint density at radius 1 is 0.362 bits per heavy atom. The Balaban J connectivity index is 0.000000148. The van der Waals surface area contributed by atoms with Gasteiger partial charge in [0, 0.05) is 23.3 Å². The number of hydrogen-bond acceptors (Lipinski definition) is 16. The molecule has 16 rings (SSSR count). The summed E-state index contributed by atoms with van der Waals surface area (Å²) in [6, 6.07) is 0. The fraction of sp³-hybridized carbons (Fsp3) is 0.795. The molecule has 0 N–H and O–H groups in total. The molecule has 524 valence electrons. The van der Waals surface area contributed by atoms with Crippen LogP contribution in [0.1, 0.15) is 235 Å². The summed E-state index contributed by atoms with van der Waals surface area (Å²) in [4.78, 5) is 94.8. The highest BCUT2D eigenvalue weighted by molar-refractivity contribution is 5.89. The third kappa shape index (κ3) is 16.8. The zero-order chi connectivity index (χ0) is 67.9. The van der Waals surface area contributed by atoms with Crippen LogP contribution in [-0.4, -0.2) is 96.6 Å². The zero-order valence-electron chi connectivity index (χ0n) is 58.5. The van der Waals surface area contributed by atoms with E-state index in [2.05, 4.69) is 67.9 Å². The van der Waals surface area contributed by atoms with Crippen molar-refractivity contribution in [3.8, 4) is 0 Å². The van der Waals surface area contributed by atoms with Crippen LogP contribution in [0.15, 0.2) is 49.6 Å². The minimum atomic E-state index is -0.579. The molecule has 16 bridgehead atoms. The first-order chi connectivity index (χ1) is 44.7. The third-order valence-electron chi connectivity index (χ3n) is 24.9. The van der Waals surface area contributed by atoms with Crippen molar-refractivity contribution >= 4 is 47.8 Å². The van der Waals surface area contributed by atoms with Crippen molar-refractivity contribution in [1.82, 2.24) is 0 Å². The molecule has 0 amide bonds. The summed E-state index contributed by atoms with van der Waals surface area (Å²) in [5.74, 6) is 7.75. The smallest absolute Gasteiger partial charge is 0.344 e. The maximum atomic E-state index is 12.4. The third-order valence-corrected chi connectivity index (χ3v) is 24.9. The van der Waals surface area contributed by atoms with Gasteiger partial charge in [-0.3, -0.25) is 0 Å². The lowest BCUT2D eigenvalue weighted by Crippen LogP contribution is -2.60. The fourth-order valence-corrected chi connectivity index (χ4v) is 22.3. The normalized spacial score (nSPS) is 37.0. The minimum Gasteiger partial charge on any atom is -0.456 e. The van der Waals surface area contributed by atoms with Crippen LogP contribution in [-0.2, 0) is 76.3 Å². The van der Waals surface area contributed by atoms with Crippen LogP contribution in [0.4, 0.5) is 0 Å². The Morgan fingerprint density at radius 2 is 0.574 bits per heavy atom. The second kappa shape index (κ2) is 31.5. The number of rotatable bonds is 26. The average Bonchev–Trinajstić information content (AvgIpc) is 0.756. The molecule has 16 fully saturated rings. The van der Waals surface area contributed by atoms with Crippen molar-refractivity contribution in [3.05, 3.63) is 49.6 Å². The molecule has 16 heteroatoms. The molecule has 16 aliphatic carbocycles. The Hall–Kier alpha value is -5.28. The van der Waals surface area contributed by atoms with E-state index in [0.717, 1.165) is 111 Å². The Bertz CT molecular complexity index is 2650. The molecular formula is C78H116O16. The number of unbranched alkanes of at least 4 members (excludes halogenated alkanes) is 2. The maximum Gasteiger partial charge on any atom is 0.344 e. The van der Waals surface area contributed by atoms with Gasteiger partial charge >= 0.3 is 47.8 Å². The van der Waals surface area contributed by atoms with E-state index < -0.39 is 47.8 Å². The van der Waals surface area contributed by atoms with E-state index >= 15 is 0 Å². The van der Waals surface area contributed by atoms with Gasteiger partial charge in [-0.25, -0.2) is 38.4 Å². The topological polar surface area (TPSA) is 210 Å². The van der Waals surface area contributed by atoms with E-state index in [0.29, 0.717) is 70.3 Å². The molecule has 0 unspecified atom stereocenters. The van der Waals surface area contributed by atoms with Crippen molar-refractivity contribution in [2.24, 2.45) is 107 Å². The van der Waals surface area contributed by atoms with Gasteiger partial charge in [0.25, 0.3) is 0 Å². The molecule has 16 aliphatic rings. The second-order valence-electron chi connectivity index (χ2n) is 32.7. The molecular weight excluding hydrogens is 1190 g/mol. The van der Waals surface area contributed by atoms with Crippen molar-refractivity contribution in [2.75, 3.05) is 26.4 Å². The lowest BCUT2D eigenvalue weighted by atomic mass is 9.48. The summed E-state index contributed by atoms with van der Waals surface area (Å²) >= 11 is 0. The fourth-order valence-electron chi connectivity index (χ4n) is 22.3. The van der Waals surface area contributed by atoms with Crippen molar-refractivity contribution < 1.29 is 76.3 Å². The van der Waals surface area contributed by atoms with Gasteiger partial charge in [-0.2, -0.15) is 0 Å². The zero-order valence-corrected chi connectivity index (χ0v) is 58.5. The van der Waals surface area contributed by atoms with E-state index in [1.165, 1.54) is 128 Å². The molecule has 0 aliphatic heterocycles. The second-order valence-corrected chi connectivity index (χ2v) is 32.7. The molecule has 0 atom stereocenters. The number of ether oxygens (including phenoxy) is 8. The van der Waals surface area contributed by atoms with Gasteiger partial charge in [-0.1, -0.05) is 80.7 Å². The van der Waals surface area contributed by atoms with Crippen LogP contribution in [0.3, 0.4) is 0 Å². The summed E-state index contributed by atoms with van der Waals surface area (Å²) in [6.45, 7) is 28.8. The monoisotopic (exact) mass is 1310 g/mol. The van der Waals surface area contributed by atoms with Crippen molar-refractivity contribution in [1.29, 1.82) is 0 Å². The number of carbonyl (C=O) groups excluding carboxylic acids is 8. The van der Waals surface area contributed by atoms with Crippen LogP contribution in [0.2, 0.25) is 0 Å². The Labute approximate surface area is 561 Å². The summed E-state index contributed by atoms with van der Waals surface area (Å²) in [5.41, 5.74) is -0.683. The summed E-state index contributed by atoms with van der Waals surface area (Å²) in [6.07, 6.45) is 35.0. The summed E-state index contributed by atoms with van der Waals surface area (Å²) in [7, 11) is 0. The van der Waals surface area contributed by atoms with E-state index in [4.69, 9.17) is 37.9 Å². The van der Waals surface area contributed by atoms with Gasteiger partial charge in [0.05, 0.1) is 0 Å². The number of hydrogen-bond donors (Lipinski definition) is 0. The SMILES string of the molecule is C=C(C)C(=O)OCC(=O)OC1(CC(C)C)C2CC3CC(C2)CC1C3.C=C(C)C(=O)OCC(=O)OC1(CCCC)C2CC3CC(C2)CC1C3.C=CC(=O)OCC(=O)OC1(CC(C)C)C2CC3CC(C2)CC1C3.C=CC(=O)OCC(=O)OC1(CCCC)C2CC3CC(C2)CC1C3. The lowest BCUT2D eigenvalue weighted by molar-refractivity contribution is -0.218. The average molecular weight is 1310 g/mol. The van der Waals surface area contributed by atoms with Gasteiger partial charge in [-0.05, 0) is 287 Å². The standard InChI is InChI=1S/2C20H30O4.2C19H28O4/c1-12(2)10-20(24-18(21)11-23-19(22)13(3)4)16-6-14-5-15(8-16)9-17(20)7-14;1-4-5-6-20(24-18(21)12-23-19(22)13(2)3)16-8-14-7-15(10-16)11-17(20)9-14;1-4-17(20)22-11-18(21)23-19(10-12(2)3)15-6-13-5-14(8-15)9-16(19)7-13;1-3-5-6-19(23-18(21)12-22-17(20)4-2)15-8-13-7-14(10-15)11-16(19)9-13/h12,14-17H,3,5-11H2,1-2,4H3;14-17H,2,4-12H2,1,3H3;4,12-16H,1,5-11H2,2-3H3;4,13-16H,2-3,5-12H2,1H3. The molecule has 16 saturated carbocycles. The molecule has 0 heterocycles. The first-order valence-electron chi connectivity index (χ1n) is 36.8. The van der Waals surface area contributed by atoms with Crippen LogP contribution >= 0.6 is 0 Å². The highest BCUT2D eigenvalue weighted by atomic mass is 16.6. The molecule has 16 nitrogen and oxygen atoms in total. The Morgan fingerprint density at radius 3 is 0.777 bits per heavy atom. The van der Waals surface area contributed by atoms with Crippen LogP contribution in [0, 0.1) is 107 Å². The highest BCUT2D eigenvalue weighted by Gasteiger charge is 2.63. The predicted molar refractivity (Wildman–Crippen MR) is 355 cm³/mol.